The number of halogens is 8. The zero-order chi connectivity index (χ0) is 19.5. The van der Waals surface area contributed by atoms with E-state index in [0.29, 0.717) is 7.18 Å². The van der Waals surface area contributed by atoms with Gasteiger partial charge in [0.1, 0.15) is 11.5 Å². The van der Waals surface area contributed by atoms with Crippen LogP contribution in [0.4, 0.5) is 34.1 Å². The van der Waals surface area contributed by atoms with Gasteiger partial charge in [-0.05, 0) is 6.92 Å². The maximum absolute atomic E-state index is 13.4. The summed E-state index contributed by atoms with van der Waals surface area (Å²) >= 11 is 0. The van der Waals surface area contributed by atoms with Crippen LogP contribution < -0.4 is 0 Å². The lowest BCUT2D eigenvalue weighted by Gasteiger charge is -2.25. The Morgan fingerprint density at radius 1 is 0.870 bits per heavy atom. The van der Waals surface area contributed by atoms with Crippen molar-refractivity contribution in [2.75, 3.05) is 32.0 Å². The standard InChI is InChI=1S/C5H6F6O5S2.C2H5F.CH3F/c6-1-5(8,9)16-4(7,2-17(10,12)13)3-18(11,14)15;1-2-3;1-2/h1-3H2;2H2,1H3;1H3. The first kappa shape index (κ1) is 27.2. The molecule has 0 aromatic rings. The van der Waals surface area contributed by atoms with Crippen molar-refractivity contribution in [2.24, 2.45) is 0 Å². The molecule has 0 aliphatic carbocycles. The molecule has 0 N–H and O–H groups in total. The van der Waals surface area contributed by atoms with Gasteiger partial charge >= 0.3 is 26.6 Å². The van der Waals surface area contributed by atoms with Gasteiger partial charge in [0.15, 0.2) is 6.67 Å². The first-order valence-corrected chi connectivity index (χ1v) is 8.31. The van der Waals surface area contributed by atoms with E-state index >= 15 is 0 Å². The number of hydrogen-bond acceptors (Lipinski definition) is 5. The minimum atomic E-state index is -5.82. The Balaban J connectivity index is -0.000000710. The van der Waals surface area contributed by atoms with Crippen LogP contribution in [-0.4, -0.2) is 60.8 Å². The number of rotatable bonds is 7. The van der Waals surface area contributed by atoms with Gasteiger partial charge in [-0.2, -0.15) is 25.6 Å². The molecule has 0 aliphatic rings. The molecule has 0 saturated heterocycles. The van der Waals surface area contributed by atoms with Crippen LogP contribution in [0, 0.1) is 0 Å². The van der Waals surface area contributed by atoms with Gasteiger partial charge < -0.3 is 0 Å². The lowest BCUT2D eigenvalue weighted by molar-refractivity contribution is -0.321. The molecule has 15 heteroatoms. The van der Waals surface area contributed by atoms with Crippen molar-refractivity contribution in [2.45, 2.75) is 18.9 Å². The van der Waals surface area contributed by atoms with Crippen LogP contribution in [0.2, 0.25) is 0 Å². The highest BCUT2D eigenvalue weighted by Crippen LogP contribution is 2.29. The summed E-state index contributed by atoms with van der Waals surface area (Å²) in [5.74, 6) is -9.52. The highest BCUT2D eigenvalue weighted by atomic mass is 32.3. The van der Waals surface area contributed by atoms with Crippen LogP contribution in [0.25, 0.3) is 0 Å². The molecule has 0 rings (SSSR count). The van der Waals surface area contributed by atoms with E-state index in [1.165, 1.54) is 6.92 Å². The smallest absolute Gasteiger partial charge is 0.278 e. The fourth-order valence-electron chi connectivity index (χ4n) is 0.910. The van der Waals surface area contributed by atoms with Gasteiger partial charge in [0.05, 0.1) is 13.9 Å². The molecule has 0 radical (unpaired) electrons. The molecule has 5 nitrogen and oxygen atoms in total. The van der Waals surface area contributed by atoms with Gasteiger partial charge in [-0.1, -0.05) is 0 Å². The van der Waals surface area contributed by atoms with Crippen molar-refractivity contribution in [1.29, 1.82) is 0 Å². The third-order valence-electron chi connectivity index (χ3n) is 1.26. The van der Waals surface area contributed by atoms with Crippen LogP contribution >= 0.6 is 0 Å². The molecule has 23 heavy (non-hydrogen) atoms. The highest BCUT2D eigenvalue weighted by molar-refractivity contribution is 7.87. The molecule has 0 saturated carbocycles. The lowest BCUT2D eigenvalue weighted by atomic mass is 10.4. The molecule has 0 heterocycles. The molecule has 0 aromatic heterocycles. The quantitative estimate of drug-likeness (QED) is 0.479. The van der Waals surface area contributed by atoms with E-state index in [4.69, 9.17) is 0 Å². The summed E-state index contributed by atoms with van der Waals surface area (Å²) in [5, 5.41) is 0. The van der Waals surface area contributed by atoms with E-state index in [1.807, 2.05) is 0 Å². The molecule has 0 atom stereocenters. The summed E-state index contributed by atoms with van der Waals surface area (Å²) in [4.78, 5) is 0. The van der Waals surface area contributed by atoms with Crippen LogP contribution in [0.15, 0.2) is 0 Å². The fraction of sp³-hybridized carbons (Fsp3) is 1.00. The Morgan fingerprint density at radius 3 is 1.30 bits per heavy atom. The van der Waals surface area contributed by atoms with Gasteiger partial charge in [0, 0.05) is 0 Å². The van der Waals surface area contributed by atoms with Gasteiger partial charge in [-0.3, -0.25) is 13.5 Å². The fourth-order valence-corrected chi connectivity index (χ4v) is 2.39. The Hall–Kier alpha value is -0.700. The van der Waals surface area contributed by atoms with E-state index < -0.39 is 50.6 Å². The topological polar surface area (TPSA) is 77.5 Å². The molecule has 0 unspecified atom stereocenters. The van der Waals surface area contributed by atoms with Crippen LogP contribution in [0.1, 0.15) is 6.92 Å². The third-order valence-corrected chi connectivity index (χ3v) is 2.82. The van der Waals surface area contributed by atoms with Crippen molar-refractivity contribution in [3.63, 3.8) is 0 Å². The molecule has 144 valence electrons. The van der Waals surface area contributed by atoms with Gasteiger partial charge in [-0.25, -0.2) is 8.78 Å². The first-order valence-electron chi connectivity index (χ1n) is 5.21. The third kappa shape index (κ3) is 19.3. The van der Waals surface area contributed by atoms with Crippen LogP contribution in [-0.2, 0) is 25.2 Å². The van der Waals surface area contributed by atoms with Crippen molar-refractivity contribution >= 4 is 20.4 Å². The van der Waals surface area contributed by atoms with Gasteiger partial charge in [0.2, 0.25) is 5.85 Å². The maximum atomic E-state index is 13.4. The summed E-state index contributed by atoms with van der Waals surface area (Å²) < 4.78 is 137. The Morgan fingerprint density at radius 2 is 1.13 bits per heavy atom. The summed E-state index contributed by atoms with van der Waals surface area (Å²) in [7, 11) is -11.1. The summed E-state index contributed by atoms with van der Waals surface area (Å²) in [6.45, 7) is -1.45. The molecule has 0 aromatic carbocycles. The van der Waals surface area contributed by atoms with Crippen molar-refractivity contribution in [1.82, 2.24) is 0 Å². The van der Waals surface area contributed by atoms with Gasteiger partial charge in [0.25, 0.3) is 0 Å². The Labute approximate surface area is 128 Å². The molecule has 0 spiro atoms. The molecule has 0 fully saturated rings. The van der Waals surface area contributed by atoms with Crippen LogP contribution in [0.5, 0.6) is 0 Å². The summed E-state index contributed by atoms with van der Waals surface area (Å²) in [5.41, 5.74) is 0. The summed E-state index contributed by atoms with van der Waals surface area (Å²) in [6.07, 6.45) is -4.94. The van der Waals surface area contributed by atoms with E-state index in [2.05, 4.69) is 4.74 Å². The largest absolute Gasteiger partial charge is 0.386 e. The van der Waals surface area contributed by atoms with Crippen LogP contribution in [0.3, 0.4) is 0 Å². The average molecular weight is 406 g/mol. The SMILES string of the molecule is CCF.CF.O=S(=O)(F)CC(F)(CS(=O)(=O)F)OC(F)(F)CF. The normalized spacial score (nSPS) is 12.6. The molecular formula is C8H14F8O5S2. The molecule has 0 bridgehead atoms. The van der Waals surface area contributed by atoms with Crippen molar-refractivity contribution < 1.29 is 55.7 Å². The second-order valence-corrected chi connectivity index (χ2v) is 6.12. The van der Waals surface area contributed by atoms with E-state index in [-0.39, 0.29) is 6.67 Å². The first-order chi connectivity index (χ1) is 10.1. The van der Waals surface area contributed by atoms with Gasteiger partial charge in [-0.15, -0.1) is 7.77 Å². The van der Waals surface area contributed by atoms with E-state index in [1.54, 1.807) is 0 Å². The van der Waals surface area contributed by atoms with Crippen molar-refractivity contribution in [3.8, 4) is 0 Å². The zero-order valence-electron chi connectivity index (χ0n) is 11.7. The van der Waals surface area contributed by atoms with Crippen molar-refractivity contribution in [3.05, 3.63) is 0 Å². The number of alkyl halides is 6. The predicted molar refractivity (Wildman–Crippen MR) is 64.3 cm³/mol. The molecule has 0 amide bonds. The monoisotopic (exact) mass is 406 g/mol. The predicted octanol–water partition coefficient (Wildman–Crippen LogP) is 2.39. The Kier molecular flexibility index (Phi) is 12.9. The molecule has 0 aliphatic heterocycles. The molecular weight excluding hydrogens is 392 g/mol. The Bertz CT molecular complexity index is 473. The highest BCUT2D eigenvalue weighted by Gasteiger charge is 2.49. The van der Waals surface area contributed by atoms with E-state index in [9.17, 15) is 50.9 Å². The van der Waals surface area contributed by atoms with E-state index in [0.717, 1.165) is 0 Å². The summed E-state index contributed by atoms with van der Waals surface area (Å²) in [6, 6.07) is 0. The maximum Gasteiger partial charge on any atom is 0.386 e. The second kappa shape index (κ2) is 11.0. The number of ether oxygens (including phenoxy) is 1. The second-order valence-electron chi connectivity index (χ2n) is 3.39. The lowest BCUT2D eigenvalue weighted by Crippen LogP contribution is -2.46. The average Bonchev–Trinajstić information content (AvgIpc) is 2.26. The zero-order valence-corrected chi connectivity index (χ0v) is 13.3. The minimum absolute atomic E-state index is 0.250. The minimum Gasteiger partial charge on any atom is -0.278 e. The number of hydrogen-bond donors (Lipinski definition) is 0.